The lowest BCUT2D eigenvalue weighted by atomic mass is 9.99. The number of benzene rings is 1. The smallest absolute Gasteiger partial charge is 0.229 e. The van der Waals surface area contributed by atoms with Crippen molar-refractivity contribution in [3.8, 4) is 0 Å². The lowest BCUT2D eigenvalue weighted by molar-refractivity contribution is -0.132. The molecule has 0 aromatic heterocycles. The van der Waals surface area contributed by atoms with Gasteiger partial charge in [-0.25, -0.2) is 0 Å². The van der Waals surface area contributed by atoms with Crippen molar-refractivity contribution in [2.45, 2.75) is 31.8 Å². The Kier molecular flexibility index (Phi) is 4.43. The number of nitrogen functional groups attached to an aromatic ring is 1. The summed E-state index contributed by atoms with van der Waals surface area (Å²) in [5.41, 5.74) is 7.42. The Hall–Kier alpha value is -1.55. The van der Waals surface area contributed by atoms with E-state index in [1.54, 1.807) is 4.90 Å². The molecule has 1 aromatic carbocycles. The first kappa shape index (κ1) is 13.9. The third-order valence-electron chi connectivity index (χ3n) is 3.66. The molecule has 4 nitrogen and oxygen atoms in total. The minimum atomic E-state index is -0.171. The number of rotatable bonds is 4. The van der Waals surface area contributed by atoms with Gasteiger partial charge in [-0.2, -0.15) is 0 Å². The Bertz CT molecular complexity index is 442. The Balaban J connectivity index is 1.97. The van der Waals surface area contributed by atoms with Crippen LogP contribution in [0.1, 0.15) is 31.2 Å². The zero-order valence-electron chi connectivity index (χ0n) is 11.6. The number of hydrogen-bond donors (Lipinski definition) is 1. The number of nitrogens with two attached hydrogens (primary N) is 1. The van der Waals surface area contributed by atoms with E-state index in [1.165, 1.54) is 0 Å². The van der Waals surface area contributed by atoms with Crippen molar-refractivity contribution < 1.29 is 9.53 Å². The number of nitrogens with zero attached hydrogens (tertiary/aromatic N) is 1. The number of carbonyl (C=O) groups excluding carboxylic acids is 1. The average molecular weight is 262 g/mol. The number of amides is 1. The van der Waals surface area contributed by atoms with Crippen LogP contribution in [-0.2, 0) is 9.53 Å². The van der Waals surface area contributed by atoms with Gasteiger partial charge in [0.1, 0.15) is 0 Å². The van der Waals surface area contributed by atoms with Gasteiger partial charge in [-0.05, 0) is 37.5 Å². The minimum Gasteiger partial charge on any atom is -0.399 e. The topological polar surface area (TPSA) is 55.6 Å². The largest absolute Gasteiger partial charge is 0.399 e. The molecule has 104 valence electrons. The molecule has 19 heavy (non-hydrogen) atoms. The molecular weight excluding hydrogens is 240 g/mol. The lowest BCUT2D eigenvalue weighted by Gasteiger charge is -2.24. The predicted molar refractivity (Wildman–Crippen MR) is 75.9 cm³/mol. The minimum absolute atomic E-state index is 0.112. The van der Waals surface area contributed by atoms with Gasteiger partial charge in [-0.1, -0.05) is 12.1 Å². The van der Waals surface area contributed by atoms with Crippen molar-refractivity contribution in [2.75, 3.05) is 25.9 Å². The summed E-state index contributed by atoms with van der Waals surface area (Å²) in [5, 5.41) is 0. The van der Waals surface area contributed by atoms with Crippen molar-refractivity contribution >= 4 is 11.6 Å². The van der Waals surface area contributed by atoms with Crippen LogP contribution in [0.4, 0.5) is 5.69 Å². The second-order valence-electron chi connectivity index (χ2n) is 5.25. The molecule has 0 radical (unpaired) electrons. The van der Waals surface area contributed by atoms with E-state index in [0.29, 0.717) is 12.2 Å². The first-order chi connectivity index (χ1) is 9.08. The van der Waals surface area contributed by atoms with Crippen LogP contribution < -0.4 is 5.73 Å². The van der Waals surface area contributed by atoms with Crippen LogP contribution in [0.15, 0.2) is 24.3 Å². The maximum absolute atomic E-state index is 12.4. The molecule has 1 aromatic rings. The number of carbonyl (C=O) groups is 1. The van der Waals surface area contributed by atoms with E-state index in [1.807, 2.05) is 38.2 Å². The number of anilines is 1. The predicted octanol–water partition coefficient (Wildman–Crippen LogP) is 2.01. The molecule has 2 N–H and O–H groups in total. The summed E-state index contributed by atoms with van der Waals surface area (Å²) in [5.74, 6) is -0.0593. The first-order valence-corrected chi connectivity index (χ1v) is 6.80. The summed E-state index contributed by atoms with van der Waals surface area (Å²) < 4.78 is 5.56. The highest BCUT2D eigenvalue weighted by Gasteiger charge is 2.24. The van der Waals surface area contributed by atoms with Crippen LogP contribution in [-0.4, -0.2) is 37.1 Å². The SMILES string of the molecule is CC(C(=O)N(C)CC1CCCO1)c1cccc(N)c1. The molecule has 2 unspecified atom stereocenters. The van der Waals surface area contributed by atoms with Crippen molar-refractivity contribution in [3.05, 3.63) is 29.8 Å². The zero-order valence-corrected chi connectivity index (χ0v) is 11.6. The zero-order chi connectivity index (χ0) is 13.8. The maximum atomic E-state index is 12.4. The highest BCUT2D eigenvalue weighted by atomic mass is 16.5. The molecular formula is C15H22N2O2. The van der Waals surface area contributed by atoms with E-state index in [-0.39, 0.29) is 17.9 Å². The van der Waals surface area contributed by atoms with E-state index in [2.05, 4.69) is 0 Å². The average Bonchev–Trinajstić information content (AvgIpc) is 2.89. The molecule has 0 spiro atoms. The van der Waals surface area contributed by atoms with Crippen molar-refractivity contribution in [1.82, 2.24) is 4.90 Å². The fourth-order valence-electron chi connectivity index (χ4n) is 2.49. The van der Waals surface area contributed by atoms with Crippen LogP contribution in [0.5, 0.6) is 0 Å². The molecule has 0 bridgehead atoms. The van der Waals surface area contributed by atoms with Gasteiger partial charge in [0.25, 0.3) is 0 Å². The molecule has 1 aliphatic rings. The lowest BCUT2D eigenvalue weighted by Crippen LogP contribution is -2.36. The molecule has 0 saturated carbocycles. The van der Waals surface area contributed by atoms with Gasteiger partial charge in [-0.15, -0.1) is 0 Å². The van der Waals surface area contributed by atoms with Crippen molar-refractivity contribution in [2.24, 2.45) is 0 Å². The van der Waals surface area contributed by atoms with Crippen molar-refractivity contribution in [1.29, 1.82) is 0 Å². The Labute approximate surface area is 114 Å². The molecule has 1 saturated heterocycles. The van der Waals surface area contributed by atoms with Gasteiger partial charge in [0.2, 0.25) is 5.91 Å². The maximum Gasteiger partial charge on any atom is 0.229 e. The van der Waals surface area contributed by atoms with Crippen molar-refractivity contribution in [3.63, 3.8) is 0 Å². The summed E-state index contributed by atoms with van der Waals surface area (Å²) >= 11 is 0. The second-order valence-corrected chi connectivity index (χ2v) is 5.25. The summed E-state index contributed by atoms with van der Waals surface area (Å²) in [4.78, 5) is 14.1. The van der Waals surface area contributed by atoms with Crippen LogP contribution in [0.2, 0.25) is 0 Å². The summed E-state index contributed by atoms with van der Waals surface area (Å²) in [6.45, 7) is 3.41. The molecule has 2 rings (SSSR count). The van der Waals surface area contributed by atoms with Gasteiger partial charge in [0.15, 0.2) is 0 Å². The fourth-order valence-corrected chi connectivity index (χ4v) is 2.49. The quantitative estimate of drug-likeness (QED) is 0.844. The Morgan fingerprint density at radius 3 is 3.00 bits per heavy atom. The van der Waals surface area contributed by atoms with Gasteiger partial charge >= 0.3 is 0 Å². The van der Waals surface area contributed by atoms with E-state index in [4.69, 9.17) is 10.5 Å². The van der Waals surface area contributed by atoms with E-state index >= 15 is 0 Å². The van der Waals surface area contributed by atoms with E-state index < -0.39 is 0 Å². The van der Waals surface area contributed by atoms with Crippen LogP contribution in [0.25, 0.3) is 0 Å². The van der Waals surface area contributed by atoms with Gasteiger partial charge in [0.05, 0.1) is 12.0 Å². The normalized spacial score (nSPS) is 20.2. The third kappa shape index (κ3) is 3.47. The summed E-state index contributed by atoms with van der Waals surface area (Å²) in [6, 6.07) is 7.52. The Morgan fingerprint density at radius 1 is 1.58 bits per heavy atom. The van der Waals surface area contributed by atoms with Gasteiger partial charge < -0.3 is 15.4 Å². The third-order valence-corrected chi connectivity index (χ3v) is 3.66. The molecule has 2 atom stereocenters. The highest BCUT2D eigenvalue weighted by molar-refractivity contribution is 5.83. The number of hydrogen-bond acceptors (Lipinski definition) is 3. The molecule has 4 heteroatoms. The number of ether oxygens (including phenoxy) is 1. The molecule has 1 amide bonds. The number of likely N-dealkylation sites (N-methyl/N-ethyl adjacent to an activating group) is 1. The molecule has 1 aliphatic heterocycles. The highest BCUT2D eigenvalue weighted by Crippen LogP contribution is 2.21. The second kappa shape index (κ2) is 6.06. The first-order valence-electron chi connectivity index (χ1n) is 6.80. The van der Waals surface area contributed by atoms with Gasteiger partial charge in [-0.3, -0.25) is 4.79 Å². The monoisotopic (exact) mass is 262 g/mol. The van der Waals surface area contributed by atoms with E-state index in [9.17, 15) is 4.79 Å². The summed E-state index contributed by atoms with van der Waals surface area (Å²) in [6.07, 6.45) is 2.34. The fraction of sp³-hybridized carbons (Fsp3) is 0.533. The van der Waals surface area contributed by atoms with E-state index in [0.717, 1.165) is 25.0 Å². The van der Waals surface area contributed by atoms with Crippen LogP contribution in [0.3, 0.4) is 0 Å². The summed E-state index contributed by atoms with van der Waals surface area (Å²) in [7, 11) is 1.84. The van der Waals surface area contributed by atoms with Crippen LogP contribution in [0, 0.1) is 0 Å². The molecule has 1 heterocycles. The Morgan fingerprint density at radius 2 is 2.37 bits per heavy atom. The molecule has 1 fully saturated rings. The van der Waals surface area contributed by atoms with Gasteiger partial charge in [0, 0.05) is 25.9 Å². The molecule has 0 aliphatic carbocycles. The van der Waals surface area contributed by atoms with Crippen LogP contribution >= 0.6 is 0 Å². The standard InChI is InChI=1S/C15H22N2O2/c1-11(12-5-3-6-13(16)9-12)15(18)17(2)10-14-7-4-8-19-14/h3,5-6,9,11,14H,4,7-8,10,16H2,1-2H3.